The predicted octanol–water partition coefficient (Wildman–Crippen LogP) is 4.35. The number of nitrogens with zero attached hydrogens (tertiary/aromatic N) is 4. The fourth-order valence-electron chi connectivity index (χ4n) is 4.25. The monoisotopic (exact) mass is 491 g/mol. The fraction of sp³-hybridized carbons (Fsp3) is 0.346. The highest BCUT2D eigenvalue weighted by Gasteiger charge is 2.26. The Kier molecular flexibility index (Phi) is 6.59. The van der Waals surface area contributed by atoms with Crippen molar-refractivity contribution in [3.8, 4) is 17.2 Å². The molecule has 4 aromatic rings. The number of fused-ring (bicyclic) bond motifs is 1. The van der Waals surface area contributed by atoms with Gasteiger partial charge in [-0.05, 0) is 63.1 Å². The Balaban J connectivity index is 1.22. The van der Waals surface area contributed by atoms with Crippen LogP contribution in [0.25, 0.3) is 16.0 Å². The Hall–Kier alpha value is -3.59. The molecule has 0 aliphatic carbocycles. The number of para-hydroxylation sites is 1. The van der Waals surface area contributed by atoms with E-state index in [1.165, 1.54) is 0 Å². The topological polar surface area (TPSA) is 81.5 Å². The number of amides is 1. The van der Waals surface area contributed by atoms with Crippen molar-refractivity contribution in [3.63, 3.8) is 0 Å². The largest absolute Gasteiger partial charge is 0.497 e. The van der Waals surface area contributed by atoms with Crippen LogP contribution in [-0.4, -0.2) is 53.0 Å². The molecule has 5 rings (SSSR count). The number of anilines is 1. The van der Waals surface area contributed by atoms with E-state index < -0.39 is 6.10 Å². The zero-order valence-electron chi connectivity index (χ0n) is 20.1. The van der Waals surface area contributed by atoms with Gasteiger partial charge in [0.25, 0.3) is 5.91 Å². The Morgan fingerprint density at radius 2 is 1.80 bits per heavy atom. The van der Waals surface area contributed by atoms with Gasteiger partial charge in [-0.25, -0.2) is 4.68 Å². The number of carbonyl (C=O) groups excluding carboxylic acids is 1. The molecule has 0 unspecified atom stereocenters. The van der Waals surface area contributed by atoms with Crippen LogP contribution in [0.1, 0.15) is 25.5 Å². The second kappa shape index (κ2) is 9.95. The molecule has 0 saturated carbocycles. The first kappa shape index (κ1) is 23.2. The van der Waals surface area contributed by atoms with Crippen LogP contribution in [0.3, 0.4) is 0 Å². The summed E-state index contributed by atoms with van der Waals surface area (Å²) in [4.78, 5) is 19.9. The highest BCUT2D eigenvalue weighted by atomic mass is 32.1. The van der Waals surface area contributed by atoms with Crippen LogP contribution >= 0.6 is 11.3 Å². The van der Waals surface area contributed by atoms with Gasteiger partial charge in [-0.2, -0.15) is 10.1 Å². The van der Waals surface area contributed by atoms with Crippen molar-refractivity contribution in [1.82, 2.24) is 20.1 Å². The molecule has 2 aromatic heterocycles. The minimum Gasteiger partial charge on any atom is -0.497 e. The molecule has 9 heteroatoms. The lowest BCUT2D eigenvalue weighted by molar-refractivity contribution is -0.128. The van der Waals surface area contributed by atoms with Crippen molar-refractivity contribution < 1.29 is 14.3 Å². The van der Waals surface area contributed by atoms with Crippen LogP contribution < -0.4 is 19.7 Å². The Labute approximate surface area is 208 Å². The molecule has 1 N–H and O–H groups in total. The smallest absolute Gasteiger partial charge is 0.260 e. The molecule has 1 aliphatic rings. The molecule has 1 aliphatic heterocycles. The number of hydrogen-bond donors (Lipinski definition) is 1. The zero-order valence-corrected chi connectivity index (χ0v) is 20.9. The molecular weight excluding hydrogens is 462 g/mol. The molecule has 182 valence electrons. The van der Waals surface area contributed by atoms with Gasteiger partial charge in [0.1, 0.15) is 11.5 Å². The number of carbonyl (C=O) groups is 1. The van der Waals surface area contributed by atoms with E-state index in [-0.39, 0.29) is 11.9 Å². The van der Waals surface area contributed by atoms with Crippen molar-refractivity contribution in [2.24, 2.45) is 0 Å². The van der Waals surface area contributed by atoms with Crippen LogP contribution in [0, 0.1) is 6.92 Å². The van der Waals surface area contributed by atoms with Gasteiger partial charge in [-0.3, -0.25) is 4.79 Å². The normalized spacial score (nSPS) is 15.2. The van der Waals surface area contributed by atoms with Crippen LogP contribution in [0.4, 0.5) is 5.13 Å². The Morgan fingerprint density at radius 3 is 2.49 bits per heavy atom. The van der Waals surface area contributed by atoms with Gasteiger partial charge in [0, 0.05) is 19.1 Å². The summed E-state index contributed by atoms with van der Waals surface area (Å²) in [6.45, 7) is 5.48. The highest BCUT2D eigenvalue weighted by Crippen LogP contribution is 2.34. The van der Waals surface area contributed by atoms with Crippen LogP contribution in [0.5, 0.6) is 11.5 Å². The van der Waals surface area contributed by atoms with E-state index in [2.05, 4.69) is 10.2 Å². The number of benzene rings is 2. The summed E-state index contributed by atoms with van der Waals surface area (Å²) in [6, 6.07) is 17.4. The Morgan fingerprint density at radius 1 is 1.09 bits per heavy atom. The number of ether oxygens (including phenoxy) is 2. The Bertz CT molecular complexity index is 1290. The molecule has 2 aromatic carbocycles. The number of nitrogens with one attached hydrogen (secondary N) is 1. The quantitative estimate of drug-likeness (QED) is 0.414. The third-order valence-electron chi connectivity index (χ3n) is 6.23. The average Bonchev–Trinajstić information content (AvgIpc) is 3.45. The lowest BCUT2D eigenvalue weighted by Gasteiger charge is -2.32. The van der Waals surface area contributed by atoms with Gasteiger partial charge in [-0.15, -0.1) is 0 Å². The maximum atomic E-state index is 12.6. The van der Waals surface area contributed by atoms with E-state index in [1.54, 1.807) is 25.4 Å². The molecule has 0 radical (unpaired) electrons. The second-order valence-electron chi connectivity index (χ2n) is 8.69. The molecule has 8 nitrogen and oxygen atoms in total. The van der Waals surface area contributed by atoms with Crippen LogP contribution in [0.15, 0.2) is 54.6 Å². The molecular formula is C26H29N5O3S. The van der Waals surface area contributed by atoms with E-state index in [9.17, 15) is 4.79 Å². The van der Waals surface area contributed by atoms with E-state index in [0.717, 1.165) is 58.5 Å². The number of thiazole rings is 1. The number of hydrogen-bond acceptors (Lipinski definition) is 7. The predicted molar refractivity (Wildman–Crippen MR) is 138 cm³/mol. The number of aromatic nitrogens is 3. The summed E-state index contributed by atoms with van der Waals surface area (Å²) in [7, 11) is 1.66. The van der Waals surface area contributed by atoms with Gasteiger partial charge in [0.2, 0.25) is 0 Å². The first-order valence-electron chi connectivity index (χ1n) is 11.8. The van der Waals surface area contributed by atoms with E-state index in [0.29, 0.717) is 5.75 Å². The van der Waals surface area contributed by atoms with E-state index >= 15 is 0 Å². The SMILES string of the molecule is COc1ccc(-n2nc(C)c3sc(N4CCC(NC(=O)[C@H](C)Oc5ccccc5)CC4)nc32)cc1. The number of methoxy groups -OCH3 is 1. The molecule has 0 spiro atoms. The van der Waals surface area contributed by atoms with Crippen molar-refractivity contribution in [1.29, 1.82) is 0 Å². The molecule has 35 heavy (non-hydrogen) atoms. The molecule has 3 heterocycles. The van der Waals surface area contributed by atoms with E-state index in [1.807, 2.05) is 66.2 Å². The van der Waals surface area contributed by atoms with Gasteiger partial charge < -0.3 is 19.7 Å². The van der Waals surface area contributed by atoms with Gasteiger partial charge in [0.15, 0.2) is 16.9 Å². The molecule has 0 bridgehead atoms. The first-order chi connectivity index (χ1) is 17.0. The summed E-state index contributed by atoms with van der Waals surface area (Å²) >= 11 is 1.67. The fourth-order valence-corrected chi connectivity index (χ4v) is 5.29. The number of piperidine rings is 1. The van der Waals surface area contributed by atoms with Crippen LogP contribution in [-0.2, 0) is 4.79 Å². The third kappa shape index (κ3) is 4.95. The van der Waals surface area contributed by atoms with Crippen molar-refractivity contribution in [3.05, 3.63) is 60.3 Å². The van der Waals surface area contributed by atoms with Crippen LogP contribution in [0.2, 0.25) is 0 Å². The third-order valence-corrected chi connectivity index (χ3v) is 7.45. The molecule has 1 amide bonds. The summed E-state index contributed by atoms with van der Waals surface area (Å²) < 4.78 is 14.0. The number of aryl methyl sites for hydroxylation is 1. The summed E-state index contributed by atoms with van der Waals surface area (Å²) in [6.07, 6.45) is 1.19. The highest BCUT2D eigenvalue weighted by molar-refractivity contribution is 7.22. The summed E-state index contributed by atoms with van der Waals surface area (Å²) in [5.74, 6) is 1.43. The van der Waals surface area contributed by atoms with E-state index in [4.69, 9.17) is 19.6 Å². The minimum absolute atomic E-state index is 0.0810. The standard InChI is InChI=1S/C26H29N5O3S/c1-17-23-24(31(29-17)20-9-11-21(33-3)12-10-20)28-26(35-23)30-15-13-19(14-16-30)27-25(32)18(2)34-22-7-5-4-6-8-22/h4-12,18-19H,13-16H2,1-3H3,(H,27,32)/t18-/m0/s1. The van der Waals surface area contributed by atoms with Crippen molar-refractivity contribution >= 4 is 32.7 Å². The van der Waals surface area contributed by atoms with Gasteiger partial charge in [0.05, 0.1) is 23.2 Å². The summed E-state index contributed by atoms with van der Waals surface area (Å²) in [5.41, 5.74) is 2.79. The molecule has 1 saturated heterocycles. The maximum absolute atomic E-state index is 12.6. The van der Waals surface area contributed by atoms with Gasteiger partial charge >= 0.3 is 0 Å². The van der Waals surface area contributed by atoms with Gasteiger partial charge in [-0.1, -0.05) is 29.5 Å². The second-order valence-corrected chi connectivity index (χ2v) is 9.66. The average molecular weight is 492 g/mol. The zero-order chi connectivity index (χ0) is 24.4. The lowest BCUT2D eigenvalue weighted by atomic mass is 10.1. The number of rotatable bonds is 7. The first-order valence-corrected chi connectivity index (χ1v) is 12.6. The maximum Gasteiger partial charge on any atom is 0.260 e. The molecule has 1 fully saturated rings. The minimum atomic E-state index is -0.538. The summed E-state index contributed by atoms with van der Waals surface area (Å²) in [5, 5.41) is 8.84. The van der Waals surface area contributed by atoms with Crippen molar-refractivity contribution in [2.75, 3.05) is 25.1 Å². The lowest BCUT2D eigenvalue weighted by Crippen LogP contribution is -2.48. The molecule has 1 atom stereocenters. The van der Waals surface area contributed by atoms with Crippen molar-refractivity contribution in [2.45, 2.75) is 38.8 Å².